The Labute approximate surface area is 71.9 Å². The Morgan fingerprint density at radius 1 is 1.83 bits per heavy atom. The van der Waals surface area contributed by atoms with Gasteiger partial charge in [-0.05, 0) is 0 Å². The highest BCUT2D eigenvalue weighted by Gasteiger charge is 2.04. The zero-order valence-electron chi connectivity index (χ0n) is 7.04. The maximum absolute atomic E-state index is 10.3. The van der Waals surface area contributed by atoms with E-state index in [-0.39, 0.29) is 6.61 Å². The van der Waals surface area contributed by atoms with Crippen LogP contribution in [0.5, 0.6) is 0 Å². The van der Waals surface area contributed by atoms with Crippen LogP contribution >= 0.6 is 0 Å². The van der Waals surface area contributed by atoms with Crippen molar-refractivity contribution in [2.24, 2.45) is 0 Å². The fourth-order valence-electron chi connectivity index (χ4n) is 0.583. The van der Waals surface area contributed by atoms with Gasteiger partial charge in [0.25, 0.3) is 0 Å². The fraction of sp³-hybridized carbons (Fsp3) is 0.625. The van der Waals surface area contributed by atoms with E-state index in [2.05, 4.69) is 16.0 Å². The van der Waals surface area contributed by atoms with Crippen molar-refractivity contribution in [2.75, 3.05) is 19.7 Å². The number of carbonyl (C=O) groups excluding carboxylic acids is 1. The lowest BCUT2D eigenvalue weighted by Gasteiger charge is -2.09. The maximum Gasteiger partial charge on any atom is 0.302 e. The van der Waals surface area contributed by atoms with Crippen molar-refractivity contribution in [3.8, 4) is 12.3 Å². The summed E-state index contributed by atoms with van der Waals surface area (Å²) in [6, 6.07) is 0. The molecule has 4 nitrogen and oxygen atoms in total. The van der Waals surface area contributed by atoms with Gasteiger partial charge in [-0.3, -0.25) is 4.79 Å². The molecule has 1 unspecified atom stereocenters. The van der Waals surface area contributed by atoms with Gasteiger partial charge in [0.15, 0.2) is 0 Å². The number of aliphatic hydroxyl groups excluding tert-OH is 1. The van der Waals surface area contributed by atoms with Crippen molar-refractivity contribution in [3.63, 3.8) is 0 Å². The topological polar surface area (TPSA) is 58.6 Å². The Balaban J connectivity index is 3.28. The average molecular weight is 171 g/mol. The second-order valence-corrected chi connectivity index (χ2v) is 2.29. The lowest BCUT2D eigenvalue weighted by molar-refractivity contribution is -0.143. The highest BCUT2D eigenvalue weighted by atomic mass is 16.5. The molecular formula is C8H13NO3. The summed E-state index contributed by atoms with van der Waals surface area (Å²) in [5.41, 5.74) is 0. The van der Waals surface area contributed by atoms with Crippen molar-refractivity contribution in [1.29, 1.82) is 0 Å². The molecule has 4 heteroatoms. The average Bonchev–Trinajstić information content (AvgIpc) is 2.01. The zero-order valence-corrected chi connectivity index (χ0v) is 7.04. The van der Waals surface area contributed by atoms with Crippen LogP contribution in [-0.4, -0.2) is 36.9 Å². The second-order valence-electron chi connectivity index (χ2n) is 2.29. The number of esters is 1. The van der Waals surface area contributed by atoms with Crippen molar-refractivity contribution in [2.45, 2.75) is 13.0 Å². The molecule has 0 aromatic rings. The van der Waals surface area contributed by atoms with E-state index in [1.807, 2.05) is 0 Å². The molecule has 68 valence electrons. The number of terminal acetylenes is 1. The summed E-state index contributed by atoms with van der Waals surface area (Å²) >= 11 is 0. The fourth-order valence-corrected chi connectivity index (χ4v) is 0.583. The van der Waals surface area contributed by atoms with Crippen LogP contribution in [0.4, 0.5) is 0 Å². The summed E-state index contributed by atoms with van der Waals surface area (Å²) in [5, 5.41) is 11.9. The summed E-state index contributed by atoms with van der Waals surface area (Å²) in [7, 11) is 0. The number of rotatable bonds is 5. The zero-order chi connectivity index (χ0) is 9.40. The molecule has 0 bridgehead atoms. The van der Waals surface area contributed by atoms with Crippen LogP contribution in [0.25, 0.3) is 0 Å². The van der Waals surface area contributed by atoms with Gasteiger partial charge in [-0.2, -0.15) is 0 Å². The normalized spacial score (nSPS) is 11.8. The quantitative estimate of drug-likeness (QED) is 0.321. The molecule has 2 N–H and O–H groups in total. The van der Waals surface area contributed by atoms with Gasteiger partial charge < -0.3 is 15.2 Å². The van der Waals surface area contributed by atoms with Crippen LogP contribution in [0.2, 0.25) is 0 Å². The summed E-state index contributed by atoms with van der Waals surface area (Å²) in [6.07, 6.45) is 4.27. The molecule has 0 saturated carbocycles. The molecule has 0 amide bonds. The van der Waals surface area contributed by atoms with Crippen LogP contribution in [0, 0.1) is 12.3 Å². The van der Waals surface area contributed by atoms with Gasteiger partial charge in [0.1, 0.15) is 12.7 Å². The lowest BCUT2D eigenvalue weighted by Crippen LogP contribution is -2.31. The number of aliphatic hydroxyl groups is 1. The third-order valence-electron chi connectivity index (χ3n) is 1.09. The molecule has 0 spiro atoms. The summed E-state index contributed by atoms with van der Waals surface area (Å²) in [6.45, 7) is 2.03. The Morgan fingerprint density at radius 3 is 3.00 bits per heavy atom. The van der Waals surface area contributed by atoms with Crippen LogP contribution in [0.1, 0.15) is 6.92 Å². The molecule has 1 atom stereocenters. The molecular weight excluding hydrogens is 158 g/mol. The van der Waals surface area contributed by atoms with E-state index in [4.69, 9.17) is 11.5 Å². The van der Waals surface area contributed by atoms with Crippen molar-refractivity contribution < 1.29 is 14.6 Å². The molecule has 0 aromatic heterocycles. The summed E-state index contributed by atoms with van der Waals surface area (Å²) < 4.78 is 4.55. The molecule has 0 fully saturated rings. The van der Waals surface area contributed by atoms with E-state index in [1.165, 1.54) is 6.92 Å². The van der Waals surface area contributed by atoms with Gasteiger partial charge in [-0.25, -0.2) is 0 Å². The third-order valence-corrected chi connectivity index (χ3v) is 1.09. The van der Waals surface area contributed by atoms with Crippen molar-refractivity contribution >= 4 is 5.97 Å². The highest BCUT2D eigenvalue weighted by Crippen LogP contribution is 1.83. The molecule has 0 aromatic carbocycles. The first-order valence-electron chi connectivity index (χ1n) is 3.62. The molecule has 0 radical (unpaired) electrons. The van der Waals surface area contributed by atoms with Crippen molar-refractivity contribution in [1.82, 2.24) is 5.32 Å². The second kappa shape index (κ2) is 6.65. The van der Waals surface area contributed by atoms with Gasteiger partial charge in [-0.1, -0.05) is 5.92 Å². The molecule has 0 saturated heterocycles. The van der Waals surface area contributed by atoms with Crippen LogP contribution < -0.4 is 5.32 Å². The van der Waals surface area contributed by atoms with Gasteiger partial charge in [0.05, 0.1) is 6.54 Å². The SMILES string of the molecule is C#CCNCC(O)COC(C)=O. The Hall–Kier alpha value is -1.05. The van der Waals surface area contributed by atoms with E-state index in [0.29, 0.717) is 13.1 Å². The van der Waals surface area contributed by atoms with Gasteiger partial charge in [-0.15, -0.1) is 6.42 Å². The molecule has 0 rings (SSSR count). The van der Waals surface area contributed by atoms with Gasteiger partial charge >= 0.3 is 5.97 Å². The predicted octanol–water partition coefficient (Wildman–Crippen LogP) is -0.867. The van der Waals surface area contributed by atoms with Crippen LogP contribution in [-0.2, 0) is 9.53 Å². The Morgan fingerprint density at radius 2 is 2.50 bits per heavy atom. The first-order valence-corrected chi connectivity index (χ1v) is 3.62. The number of carbonyl (C=O) groups is 1. The van der Waals surface area contributed by atoms with E-state index in [1.54, 1.807) is 0 Å². The standard InChI is InChI=1S/C8H13NO3/c1-3-4-9-5-8(11)6-12-7(2)10/h1,8-9,11H,4-6H2,2H3. The molecule has 0 aliphatic heterocycles. The molecule has 0 aliphatic rings. The van der Waals surface area contributed by atoms with Crippen LogP contribution in [0.15, 0.2) is 0 Å². The van der Waals surface area contributed by atoms with E-state index in [0.717, 1.165) is 0 Å². The predicted molar refractivity (Wildman–Crippen MR) is 44.3 cm³/mol. The minimum atomic E-state index is -0.692. The summed E-state index contributed by atoms with van der Waals surface area (Å²) in [5.74, 6) is 1.96. The summed E-state index contributed by atoms with van der Waals surface area (Å²) in [4.78, 5) is 10.3. The molecule has 0 heterocycles. The van der Waals surface area contributed by atoms with E-state index >= 15 is 0 Å². The number of hydrogen-bond donors (Lipinski definition) is 2. The first-order chi connectivity index (χ1) is 5.66. The van der Waals surface area contributed by atoms with Crippen LogP contribution in [0.3, 0.4) is 0 Å². The Bertz CT molecular complexity index is 174. The Kier molecular flexibility index (Phi) is 6.07. The minimum absolute atomic E-state index is 0.00685. The minimum Gasteiger partial charge on any atom is -0.463 e. The van der Waals surface area contributed by atoms with Gasteiger partial charge in [0.2, 0.25) is 0 Å². The molecule has 12 heavy (non-hydrogen) atoms. The van der Waals surface area contributed by atoms with Crippen molar-refractivity contribution in [3.05, 3.63) is 0 Å². The van der Waals surface area contributed by atoms with Gasteiger partial charge in [0, 0.05) is 13.5 Å². The number of ether oxygens (including phenoxy) is 1. The monoisotopic (exact) mass is 171 g/mol. The first kappa shape index (κ1) is 11.0. The number of nitrogens with one attached hydrogen (secondary N) is 1. The largest absolute Gasteiger partial charge is 0.463 e. The highest BCUT2D eigenvalue weighted by molar-refractivity contribution is 5.65. The molecule has 0 aliphatic carbocycles. The smallest absolute Gasteiger partial charge is 0.302 e. The third kappa shape index (κ3) is 7.06. The van der Waals surface area contributed by atoms with E-state index < -0.39 is 12.1 Å². The maximum atomic E-state index is 10.3. The lowest BCUT2D eigenvalue weighted by atomic mass is 10.4. The van der Waals surface area contributed by atoms with E-state index in [9.17, 15) is 4.79 Å². The number of hydrogen-bond acceptors (Lipinski definition) is 4.